The summed E-state index contributed by atoms with van der Waals surface area (Å²) in [6.45, 7) is 11.0. The zero-order chi connectivity index (χ0) is 12.3. The number of carbonyl (C=O) groups is 1. The number of piperazine rings is 1. The van der Waals surface area contributed by atoms with Crippen molar-refractivity contribution in [1.29, 1.82) is 0 Å². The molecule has 0 saturated carbocycles. The molecular formula is C12H24N4O. The summed E-state index contributed by atoms with van der Waals surface area (Å²) in [6.07, 6.45) is 0. The topological polar surface area (TPSA) is 47.6 Å². The van der Waals surface area contributed by atoms with Crippen LogP contribution in [0.5, 0.6) is 0 Å². The summed E-state index contributed by atoms with van der Waals surface area (Å²) in [4.78, 5) is 16.7. The fourth-order valence-corrected chi connectivity index (χ4v) is 2.58. The molecule has 2 aliphatic heterocycles. The maximum atomic E-state index is 11.9. The lowest BCUT2D eigenvalue weighted by molar-refractivity contribution is -0.126. The van der Waals surface area contributed by atoms with Crippen molar-refractivity contribution in [2.75, 3.05) is 45.8 Å². The highest BCUT2D eigenvalue weighted by Gasteiger charge is 2.30. The molecule has 1 amide bonds. The summed E-state index contributed by atoms with van der Waals surface area (Å²) in [7, 11) is 0. The van der Waals surface area contributed by atoms with Gasteiger partial charge >= 0.3 is 0 Å². The fourth-order valence-electron chi connectivity index (χ4n) is 2.58. The Balaban J connectivity index is 1.88. The van der Waals surface area contributed by atoms with Gasteiger partial charge in [-0.25, -0.2) is 0 Å². The maximum Gasteiger partial charge on any atom is 0.238 e. The molecule has 1 unspecified atom stereocenters. The molecule has 2 saturated heterocycles. The molecule has 17 heavy (non-hydrogen) atoms. The summed E-state index contributed by atoms with van der Waals surface area (Å²) in [5.74, 6) is 0.188. The number of nitrogens with zero attached hydrogens (tertiary/aromatic N) is 2. The summed E-state index contributed by atoms with van der Waals surface area (Å²) in [5, 5.41) is 6.29. The van der Waals surface area contributed by atoms with Crippen molar-refractivity contribution in [3.63, 3.8) is 0 Å². The van der Waals surface area contributed by atoms with E-state index in [2.05, 4.69) is 34.3 Å². The molecule has 1 atom stereocenters. The predicted molar refractivity (Wildman–Crippen MR) is 67.9 cm³/mol. The summed E-state index contributed by atoms with van der Waals surface area (Å²) in [6, 6.07) is 0.630. The molecule has 98 valence electrons. The van der Waals surface area contributed by atoms with E-state index in [1.807, 2.05) is 0 Å². The summed E-state index contributed by atoms with van der Waals surface area (Å²) >= 11 is 0. The van der Waals surface area contributed by atoms with E-state index in [-0.39, 0.29) is 11.9 Å². The predicted octanol–water partition coefficient (Wildman–Crippen LogP) is -0.900. The third kappa shape index (κ3) is 3.18. The molecule has 2 N–H and O–H groups in total. The second kappa shape index (κ2) is 5.80. The Bertz CT molecular complexity index is 261. The van der Waals surface area contributed by atoms with Crippen LogP contribution in [0.15, 0.2) is 0 Å². The molecule has 0 aromatic heterocycles. The molecule has 2 fully saturated rings. The van der Waals surface area contributed by atoms with Crippen molar-refractivity contribution in [2.24, 2.45) is 0 Å². The standard InChI is InChI=1S/C12H24N4O/c1-10(2)15-5-7-16(8-6-15)11-9-13-3-4-14-12(11)17/h10-11,13H,3-9H2,1-2H3,(H,14,17). The molecule has 2 rings (SSSR count). The van der Waals surface area contributed by atoms with Crippen LogP contribution < -0.4 is 10.6 Å². The first kappa shape index (κ1) is 12.8. The molecule has 2 heterocycles. The summed E-state index contributed by atoms with van der Waals surface area (Å²) in [5.41, 5.74) is 0. The van der Waals surface area contributed by atoms with Crippen LogP contribution in [0.3, 0.4) is 0 Å². The average Bonchev–Trinajstić information content (AvgIpc) is 2.54. The molecule has 0 aromatic carbocycles. The minimum Gasteiger partial charge on any atom is -0.353 e. The highest BCUT2D eigenvalue weighted by molar-refractivity contribution is 5.82. The van der Waals surface area contributed by atoms with E-state index in [1.54, 1.807) is 0 Å². The normalized spacial score (nSPS) is 29.1. The zero-order valence-electron chi connectivity index (χ0n) is 10.9. The van der Waals surface area contributed by atoms with E-state index in [0.717, 1.165) is 45.8 Å². The van der Waals surface area contributed by atoms with Crippen LogP contribution in [-0.2, 0) is 4.79 Å². The molecule has 5 heteroatoms. The lowest BCUT2D eigenvalue weighted by Crippen LogP contribution is -2.57. The van der Waals surface area contributed by atoms with Crippen LogP contribution in [0, 0.1) is 0 Å². The SMILES string of the molecule is CC(C)N1CCN(C2CNCCNC2=O)CC1. The third-order valence-corrected chi connectivity index (χ3v) is 3.76. The van der Waals surface area contributed by atoms with E-state index < -0.39 is 0 Å². The summed E-state index contributed by atoms with van der Waals surface area (Å²) < 4.78 is 0. The van der Waals surface area contributed by atoms with Crippen molar-refractivity contribution < 1.29 is 4.79 Å². The van der Waals surface area contributed by atoms with Gasteiger partial charge in [0, 0.05) is 51.9 Å². The lowest BCUT2D eigenvalue weighted by Gasteiger charge is -2.39. The molecule has 0 aromatic rings. The first-order valence-electron chi connectivity index (χ1n) is 6.65. The van der Waals surface area contributed by atoms with Gasteiger partial charge in [-0.1, -0.05) is 0 Å². The van der Waals surface area contributed by atoms with Crippen LogP contribution >= 0.6 is 0 Å². The van der Waals surface area contributed by atoms with Gasteiger partial charge in [0.25, 0.3) is 0 Å². The fraction of sp³-hybridized carbons (Fsp3) is 0.917. The van der Waals surface area contributed by atoms with E-state index in [1.165, 1.54) is 0 Å². The van der Waals surface area contributed by atoms with Gasteiger partial charge < -0.3 is 10.6 Å². The smallest absolute Gasteiger partial charge is 0.238 e. The van der Waals surface area contributed by atoms with E-state index in [0.29, 0.717) is 6.04 Å². The van der Waals surface area contributed by atoms with Crippen LogP contribution in [0.2, 0.25) is 0 Å². The van der Waals surface area contributed by atoms with Gasteiger partial charge in [0.2, 0.25) is 5.91 Å². The van der Waals surface area contributed by atoms with Crippen LogP contribution in [0.4, 0.5) is 0 Å². The average molecular weight is 240 g/mol. The minimum absolute atomic E-state index is 0.0202. The molecule has 0 aliphatic carbocycles. The highest BCUT2D eigenvalue weighted by Crippen LogP contribution is 2.09. The Kier molecular flexibility index (Phi) is 4.36. The van der Waals surface area contributed by atoms with Gasteiger partial charge in [-0.3, -0.25) is 14.6 Å². The number of hydrogen-bond donors (Lipinski definition) is 2. The highest BCUT2D eigenvalue weighted by atomic mass is 16.2. The molecule has 0 bridgehead atoms. The number of rotatable bonds is 2. The Labute approximate surface area is 104 Å². The zero-order valence-corrected chi connectivity index (χ0v) is 10.9. The van der Waals surface area contributed by atoms with E-state index >= 15 is 0 Å². The number of amides is 1. The van der Waals surface area contributed by atoms with Crippen molar-refractivity contribution in [1.82, 2.24) is 20.4 Å². The quantitative estimate of drug-likeness (QED) is 0.657. The molecule has 0 radical (unpaired) electrons. The first-order chi connectivity index (χ1) is 8.18. The Hall–Kier alpha value is -0.650. The molecule has 2 aliphatic rings. The van der Waals surface area contributed by atoms with Gasteiger partial charge in [0.1, 0.15) is 6.04 Å². The van der Waals surface area contributed by atoms with Crippen LogP contribution in [-0.4, -0.2) is 73.6 Å². The minimum atomic E-state index is 0.0202. The van der Waals surface area contributed by atoms with Crippen molar-refractivity contribution in [3.05, 3.63) is 0 Å². The second-order valence-corrected chi connectivity index (χ2v) is 5.18. The van der Waals surface area contributed by atoms with E-state index in [4.69, 9.17) is 0 Å². The monoisotopic (exact) mass is 240 g/mol. The van der Waals surface area contributed by atoms with Gasteiger partial charge in [0.15, 0.2) is 0 Å². The number of hydrogen-bond acceptors (Lipinski definition) is 4. The van der Waals surface area contributed by atoms with Crippen molar-refractivity contribution >= 4 is 5.91 Å². The van der Waals surface area contributed by atoms with Gasteiger partial charge in [-0.2, -0.15) is 0 Å². The van der Waals surface area contributed by atoms with Crippen LogP contribution in [0.25, 0.3) is 0 Å². The molecule has 0 spiro atoms. The van der Waals surface area contributed by atoms with Gasteiger partial charge in [-0.05, 0) is 13.8 Å². The molecule has 5 nitrogen and oxygen atoms in total. The lowest BCUT2D eigenvalue weighted by atomic mass is 10.1. The van der Waals surface area contributed by atoms with Crippen molar-refractivity contribution in [3.8, 4) is 0 Å². The Morgan fingerprint density at radius 2 is 1.88 bits per heavy atom. The Morgan fingerprint density at radius 1 is 1.18 bits per heavy atom. The van der Waals surface area contributed by atoms with Crippen LogP contribution in [0.1, 0.15) is 13.8 Å². The first-order valence-corrected chi connectivity index (χ1v) is 6.65. The third-order valence-electron chi connectivity index (χ3n) is 3.76. The Morgan fingerprint density at radius 3 is 2.53 bits per heavy atom. The number of carbonyl (C=O) groups excluding carboxylic acids is 1. The maximum absolute atomic E-state index is 11.9. The van der Waals surface area contributed by atoms with E-state index in [9.17, 15) is 4.79 Å². The van der Waals surface area contributed by atoms with Gasteiger partial charge in [0.05, 0.1) is 0 Å². The molecular weight excluding hydrogens is 216 g/mol. The van der Waals surface area contributed by atoms with Crippen molar-refractivity contribution in [2.45, 2.75) is 25.9 Å². The number of nitrogens with one attached hydrogen (secondary N) is 2. The largest absolute Gasteiger partial charge is 0.353 e. The van der Waals surface area contributed by atoms with Gasteiger partial charge in [-0.15, -0.1) is 0 Å². The second-order valence-electron chi connectivity index (χ2n) is 5.18.